The lowest BCUT2D eigenvalue weighted by Crippen LogP contribution is -2.40. The lowest BCUT2D eigenvalue weighted by molar-refractivity contribution is -0.185. The second-order valence-electron chi connectivity index (χ2n) is 4.69. The van der Waals surface area contributed by atoms with Gasteiger partial charge in [0.05, 0.1) is 24.3 Å². The normalized spacial score (nSPS) is 19.3. The first-order valence-electron chi connectivity index (χ1n) is 6.02. The van der Waals surface area contributed by atoms with E-state index in [4.69, 9.17) is 5.73 Å². The lowest BCUT2D eigenvalue weighted by atomic mass is 9.96. The van der Waals surface area contributed by atoms with Gasteiger partial charge in [-0.2, -0.15) is 18.3 Å². The van der Waals surface area contributed by atoms with Gasteiger partial charge in [0.2, 0.25) is 0 Å². The Morgan fingerprint density at radius 2 is 1.94 bits per heavy atom. The number of halogens is 3. The van der Waals surface area contributed by atoms with Crippen LogP contribution in [0.3, 0.4) is 0 Å². The van der Waals surface area contributed by atoms with Crippen LogP contribution in [0.4, 0.5) is 18.9 Å². The molecule has 1 aromatic rings. The third-order valence-corrected chi connectivity index (χ3v) is 3.35. The third-order valence-electron chi connectivity index (χ3n) is 3.35. The fourth-order valence-electron chi connectivity index (χ4n) is 2.23. The Hall–Kier alpha value is -1.24. The molecule has 0 spiro atoms. The van der Waals surface area contributed by atoms with Crippen LogP contribution in [-0.2, 0) is 6.54 Å². The lowest BCUT2D eigenvalue weighted by Gasteiger charge is -2.32. The molecule has 0 aromatic carbocycles. The minimum atomic E-state index is -4.04. The van der Waals surface area contributed by atoms with Crippen molar-refractivity contribution in [2.24, 2.45) is 5.92 Å². The van der Waals surface area contributed by atoms with Crippen molar-refractivity contribution in [2.45, 2.75) is 25.6 Å². The highest BCUT2D eigenvalue weighted by atomic mass is 19.4. The Labute approximate surface area is 104 Å². The van der Waals surface area contributed by atoms with Crippen molar-refractivity contribution in [1.29, 1.82) is 0 Å². The smallest absolute Gasteiger partial charge is 0.391 e. The van der Waals surface area contributed by atoms with Crippen molar-refractivity contribution in [1.82, 2.24) is 14.7 Å². The average Bonchev–Trinajstić information content (AvgIpc) is 2.72. The summed E-state index contributed by atoms with van der Waals surface area (Å²) < 4.78 is 39.1. The van der Waals surface area contributed by atoms with E-state index in [9.17, 15) is 13.2 Å². The Morgan fingerprint density at radius 1 is 1.28 bits per heavy atom. The summed E-state index contributed by atoms with van der Waals surface area (Å²) in [6.07, 6.45) is -0.351. The minimum Gasteiger partial charge on any atom is -0.396 e. The quantitative estimate of drug-likeness (QED) is 0.902. The first-order chi connectivity index (χ1) is 8.45. The fraction of sp³-hybridized carbons (Fsp3) is 0.727. The number of rotatable bonds is 3. The van der Waals surface area contributed by atoms with E-state index in [0.29, 0.717) is 31.9 Å². The number of aromatic nitrogens is 2. The first-order valence-corrected chi connectivity index (χ1v) is 6.02. The van der Waals surface area contributed by atoms with Crippen molar-refractivity contribution in [3.63, 3.8) is 0 Å². The molecule has 2 rings (SSSR count). The second kappa shape index (κ2) is 5.17. The van der Waals surface area contributed by atoms with Gasteiger partial charge in [0.1, 0.15) is 0 Å². The summed E-state index contributed by atoms with van der Waals surface area (Å²) in [5.74, 6) is -1.13. The molecule has 0 radical (unpaired) electrons. The molecular formula is C11H17F3N4. The SMILES string of the molecule is Nc1cnn(CCN2CCC(C(F)(F)F)CC2)c1. The number of alkyl halides is 3. The number of piperidine rings is 1. The van der Waals surface area contributed by atoms with Crippen molar-refractivity contribution >= 4 is 5.69 Å². The highest BCUT2D eigenvalue weighted by Crippen LogP contribution is 2.33. The maximum atomic E-state index is 12.5. The molecule has 1 aromatic heterocycles. The summed E-state index contributed by atoms with van der Waals surface area (Å²) in [7, 11) is 0. The van der Waals surface area contributed by atoms with Crippen LogP contribution in [0.2, 0.25) is 0 Å². The molecule has 1 saturated heterocycles. The molecule has 0 bridgehead atoms. The molecule has 1 aliphatic rings. The van der Waals surface area contributed by atoms with Crippen LogP contribution < -0.4 is 5.73 Å². The number of anilines is 1. The van der Waals surface area contributed by atoms with E-state index < -0.39 is 12.1 Å². The molecule has 4 nitrogen and oxygen atoms in total. The molecule has 0 amide bonds. The van der Waals surface area contributed by atoms with E-state index >= 15 is 0 Å². The van der Waals surface area contributed by atoms with Gasteiger partial charge in [-0.1, -0.05) is 0 Å². The van der Waals surface area contributed by atoms with Crippen LogP contribution >= 0.6 is 0 Å². The summed E-state index contributed by atoms with van der Waals surface area (Å²) in [6, 6.07) is 0. The van der Waals surface area contributed by atoms with E-state index in [1.165, 1.54) is 0 Å². The molecule has 2 N–H and O–H groups in total. The number of hydrogen-bond donors (Lipinski definition) is 1. The topological polar surface area (TPSA) is 47.1 Å². The van der Waals surface area contributed by atoms with E-state index in [1.807, 2.05) is 4.90 Å². The van der Waals surface area contributed by atoms with Crippen LogP contribution in [0.15, 0.2) is 12.4 Å². The summed E-state index contributed by atoms with van der Waals surface area (Å²) in [5.41, 5.74) is 6.13. The monoisotopic (exact) mass is 262 g/mol. The molecule has 2 heterocycles. The standard InChI is InChI=1S/C11H17F3N4/c12-11(13,14)9-1-3-17(4-2-9)5-6-18-8-10(15)7-16-18/h7-9H,1-6,15H2. The molecule has 102 valence electrons. The van der Waals surface area contributed by atoms with Gasteiger partial charge in [-0.3, -0.25) is 4.68 Å². The number of nitrogen functional groups attached to an aromatic ring is 1. The van der Waals surface area contributed by atoms with Gasteiger partial charge in [-0.15, -0.1) is 0 Å². The zero-order valence-corrected chi connectivity index (χ0v) is 10.0. The summed E-state index contributed by atoms with van der Waals surface area (Å²) in [6.45, 7) is 2.38. The van der Waals surface area contributed by atoms with Crippen molar-refractivity contribution in [3.8, 4) is 0 Å². The van der Waals surface area contributed by atoms with E-state index in [-0.39, 0.29) is 12.8 Å². The van der Waals surface area contributed by atoms with Crippen molar-refractivity contribution < 1.29 is 13.2 Å². The zero-order chi connectivity index (χ0) is 13.2. The minimum absolute atomic E-state index is 0.199. The molecule has 7 heteroatoms. The Balaban J connectivity index is 1.74. The molecule has 1 fully saturated rings. The van der Waals surface area contributed by atoms with E-state index in [0.717, 1.165) is 0 Å². The maximum absolute atomic E-state index is 12.5. The predicted octanol–water partition coefficient (Wildman–Crippen LogP) is 1.74. The Kier molecular flexibility index (Phi) is 3.79. The van der Waals surface area contributed by atoms with E-state index in [1.54, 1.807) is 17.1 Å². The molecule has 18 heavy (non-hydrogen) atoms. The largest absolute Gasteiger partial charge is 0.396 e. The molecule has 0 atom stereocenters. The summed E-state index contributed by atoms with van der Waals surface area (Å²) in [5, 5.41) is 4.04. The number of nitrogens with zero attached hydrogens (tertiary/aromatic N) is 3. The molecule has 0 saturated carbocycles. The highest BCUT2D eigenvalue weighted by Gasteiger charge is 2.40. The average molecular weight is 262 g/mol. The van der Waals surface area contributed by atoms with Gasteiger partial charge in [0.25, 0.3) is 0 Å². The van der Waals surface area contributed by atoms with Gasteiger partial charge < -0.3 is 10.6 Å². The summed E-state index contributed by atoms with van der Waals surface area (Å²) in [4.78, 5) is 2.04. The van der Waals surface area contributed by atoms with Crippen LogP contribution in [0.5, 0.6) is 0 Å². The van der Waals surface area contributed by atoms with Crippen LogP contribution in [0.1, 0.15) is 12.8 Å². The molecule has 0 unspecified atom stereocenters. The number of nitrogens with two attached hydrogens (primary N) is 1. The predicted molar refractivity (Wildman–Crippen MR) is 61.9 cm³/mol. The molecular weight excluding hydrogens is 245 g/mol. The van der Waals surface area contributed by atoms with Gasteiger partial charge in [0, 0.05) is 12.7 Å². The Bertz CT molecular complexity index is 380. The Morgan fingerprint density at radius 3 is 2.44 bits per heavy atom. The van der Waals surface area contributed by atoms with Crippen LogP contribution in [0, 0.1) is 5.92 Å². The number of hydrogen-bond acceptors (Lipinski definition) is 3. The van der Waals surface area contributed by atoms with Crippen molar-refractivity contribution in [3.05, 3.63) is 12.4 Å². The molecule has 0 aliphatic carbocycles. The third kappa shape index (κ3) is 3.38. The fourth-order valence-corrected chi connectivity index (χ4v) is 2.23. The summed E-state index contributed by atoms with van der Waals surface area (Å²) >= 11 is 0. The molecule has 1 aliphatic heterocycles. The van der Waals surface area contributed by atoms with Gasteiger partial charge in [-0.05, 0) is 25.9 Å². The van der Waals surface area contributed by atoms with Crippen LogP contribution in [0.25, 0.3) is 0 Å². The second-order valence-corrected chi connectivity index (χ2v) is 4.69. The van der Waals surface area contributed by atoms with Crippen molar-refractivity contribution in [2.75, 3.05) is 25.4 Å². The number of likely N-dealkylation sites (tertiary alicyclic amines) is 1. The van der Waals surface area contributed by atoms with E-state index in [2.05, 4.69) is 5.10 Å². The highest BCUT2D eigenvalue weighted by molar-refractivity contribution is 5.30. The van der Waals surface area contributed by atoms with Gasteiger partial charge in [0.15, 0.2) is 0 Å². The first kappa shape index (κ1) is 13.2. The maximum Gasteiger partial charge on any atom is 0.391 e. The zero-order valence-electron chi connectivity index (χ0n) is 10.0. The van der Waals surface area contributed by atoms with Gasteiger partial charge in [-0.25, -0.2) is 0 Å². The van der Waals surface area contributed by atoms with Crippen LogP contribution in [-0.4, -0.2) is 40.5 Å². The van der Waals surface area contributed by atoms with Gasteiger partial charge >= 0.3 is 6.18 Å².